The van der Waals surface area contributed by atoms with E-state index < -0.39 is 23.1 Å². The van der Waals surface area contributed by atoms with E-state index in [1.165, 1.54) is 93.1 Å². The molecule has 4 spiro atoms. The van der Waals surface area contributed by atoms with Gasteiger partial charge < -0.3 is 47.4 Å². The highest BCUT2D eigenvalue weighted by atomic mass is 32.2. The first-order valence-corrected chi connectivity index (χ1v) is 43.3. The molecule has 118 heavy (non-hydrogen) atoms. The number of aromatic nitrogens is 8. The second kappa shape index (κ2) is 32.4. The average molecular weight is 1630 g/mol. The van der Waals surface area contributed by atoms with Gasteiger partial charge in [-0.3, -0.25) is 0 Å². The molecule has 618 valence electrons. The number of nitrogens with zero attached hydrogens (tertiary/aromatic N) is 8. The van der Waals surface area contributed by atoms with Crippen LogP contribution < -0.4 is 0 Å². The molecule has 8 aliphatic carbocycles. The molecule has 7 unspecified atom stereocenters. The van der Waals surface area contributed by atoms with Crippen LogP contribution in [0.5, 0.6) is 0 Å². The Labute approximate surface area is 691 Å². The first-order valence-electron chi connectivity index (χ1n) is 41.9. The Hall–Kier alpha value is -8.69. The van der Waals surface area contributed by atoms with Crippen LogP contribution in [0.3, 0.4) is 0 Å². The van der Waals surface area contributed by atoms with E-state index in [2.05, 4.69) is 97.4 Å². The molecule has 8 heterocycles. The number of benzene rings is 5. The van der Waals surface area contributed by atoms with Crippen molar-refractivity contribution in [3.05, 3.63) is 261 Å². The quantitative estimate of drug-likeness (QED) is 0.0573. The summed E-state index contributed by atoms with van der Waals surface area (Å²) in [7, 11) is 0. The van der Waals surface area contributed by atoms with Gasteiger partial charge in [-0.2, -0.15) is 32.2 Å². The molecule has 0 N–H and O–H groups in total. The van der Waals surface area contributed by atoms with Gasteiger partial charge in [-0.25, -0.2) is 36.3 Å². The predicted octanol–water partition coefficient (Wildman–Crippen LogP) is 19.0. The van der Waals surface area contributed by atoms with Crippen LogP contribution in [0.2, 0.25) is 0 Å². The second-order valence-electron chi connectivity index (χ2n) is 34.3. The van der Waals surface area contributed by atoms with Crippen LogP contribution in [0.25, 0.3) is 47.1 Å². The molecule has 9 aromatic rings. The van der Waals surface area contributed by atoms with Gasteiger partial charge in [-0.15, -0.1) is 6.58 Å². The van der Waals surface area contributed by atoms with Gasteiger partial charge in [0.1, 0.15) is 41.6 Å². The van der Waals surface area contributed by atoms with Gasteiger partial charge in [0.05, 0.1) is 123 Å². The number of fused-ring (bicyclic) bond motifs is 12. The highest BCUT2D eigenvalue weighted by Gasteiger charge is 2.64. The Morgan fingerprint density at radius 3 is 1.07 bits per heavy atom. The first-order chi connectivity index (χ1) is 57.2. The monoisotopic (exact) mass is 1620 g/mol. The van der Waals surface area contributed by atoms with Crippen LogP contribution >= 0.6 is 11.8 Å². The van der Waals surface area contributed by atoms with Crippen molar-refractivity contribution in [2.24, 2.45) is 21.7 Å². The van der Waals surface area contributed by atoms with Gasteiger partial charge in [0.25, 0.3) is 0 Å². The number of hydrogen-bond donors (Lipinski definition) is 0. The van der Waals surface area contributed by atoms with E-state index in [-0.39, 0.29) is 69.3 Å². The highest BCUT2D eigenvalue weighted by Crippen LogP contribution is 2.63. The molecular formula is C95H104F4N8O10S. The summed E-state index contributed by atoms with van der Waals surface area (Å²) >= 11 is 1.81. The molecule has 8 fully saturated rings. The van der Waals surface area contributed by atoms with Gasteiger partial charge in [0, 0.05) is 59.7 Å². The largest absolute Gasteiger partial charge is 0.379 e. The van der Waals surface area contributed by atoms with Crippen molar-refractivity contribution in [2.45, 2.75) is 185 Å². The first kappa shape index (κ1) is 80.4. The number of ether oxygens (including phenoxy) is 10. The third kappa shape index (κ3) is 14.3. The van der Waals surface area contributed by atoms with Gasteiger partial charge in [-0.05, 0) is 239 Å². The summed E-state index contributed by atoms with van der Waals surface area (Å²) < 4.78 is 124. The number of rotatable bonds is 14. The molecule has 12 aliphatic rings. The van der Waals surface area contributed by atoms with E-state index in [1.807, 2.05) is 68.6 Å². The summed E-state index contributed by atoms with van der Waals surface area (Å²) in [6, 6.07) is 36.3. The van der Waals surface area contributed by atoms with Crippen molar-refractivity contribution in [2.75, 3.05) is 64.9 Å². The van der Waals surface area contributed by atoms with E-state index in [0.29, 0.717) is 52.9 Å². The van der Waals surface area contributed by atoms with Crippen molar-refractivity contribution in [1.29, 1.82) is 0 Å². The van der Waals surface area contributed by atoms with Gasteiger partial charge in [-0.1, -0.05) is 86.4 Å². The van der Waals surface area contributed by atoms with E-state index in [0.717, 1.165) is 160 Å². The third-order valence-electron chi connectivity index (χ3n) is 27.2. The van der Waals surface area contributed by atoms with Crippen molar-refractivity contribution in [3.63, 3.8) is 0 Å². The molecule has 4 aliphatic heterocycles. The van der Waals surface area contributed by atoms with Crippen LogP contribution in [-0.4, -0.2) is 145 Å². The van der Waals surface area contributed by atoms with Crippen LogP contribution in [0, 0.1) is 44.9 Å². The molecular weight excluding hydrogens is 1520 g/mol. The molecule has 23 heteroatoms. The second-order valence-corrected chi connectivity index (χ2v) is 35.2. The Kier molecular flexibility index (Phi) is 22.0. The Morgan fingerprint density at radius 2 is 0.737 bits per heavy atom. The number of thioether (sulfide) groups is 1. The molecule has 5 aromatic carbocycles. The van der Waals surface area contributed by atoms with Gasteiger partial charge in [0.2, 0.25) is 0 Å². The summed E-state index contributed by atoms with van der Waals surface area (Å²) in [5.74, 6) is -2.39. The minimum absolute atomic E-state index is 0.0190. The molecule has 4 saturated carbocycles. The topological polar surface area (TPSA) is 164 Å². The summed E-state index contributed by atoms with van der Waals surface area (Å²) in [6.07, 6.45) is 35.8. The lowest BCUT2D eigenvalue weighted by Gasteiger charge is -2.51. The number of halogens is 4. The molecule has 0 amide bonds. The van der Waals surface area contributed by atoms with E-state index in [1.54, 1.807) is 66.4 Å². The van der Waals surface area contributed by atoms with E-state index in [4.69, 9.17) is 47.4 Å². The maximum absolute atomic E-state index is 13.4. The van der Waals surface area contributed by atoms with Crippen molar-refractivity contribution >= 4 is 36.1 Å². The molecule has 0 radical (unpaired) electrons. The maximum atomic E-state index is 13.4. The lowest BCUT2D eigenvalue weighted by molar-refractivity contribution is -0.245. The molecule has 12 atom stereocenters. The zero-order valence-corrected chi connectivity index (χ0v) is 68.9. The van der Waals surface area contributed by atoms with Gasteiger partial charge >= 0.3 is 0 Å². The van der Waals surface area contributed by atoms with Crippen molar-refractivity contribution < 1.29 is 64.9 Å². The van der Waals surface area contributed by atoms with Crippen LogP contribution in [0.4, 0.5) is 17.6 Å². The number of hydrogen-bond acceptors (Lipinski definition) is 15. The third-order valence-corrected chi connectivity index (χ3v) is 27.9. The zero-order valence-electron chi connectivity index (χ0n) is 68.1. The van der Waals surface area contributed by atoms with E-state index >= 15 is 0 Å². The fourth-order valence-corrected chi connectivity index (χ4v) is 21.4. The Balaban J connectivity index is 0.000000108. The minimum Gasteiger partial charge on any atom is -0.379 e. The minimum atomic E-state index is -0.630. The van der Waals surface area contributed by atoms with Crippen molar-refractivity contribution in [1.82, 2.24) is 39.1 Å². The van der Waals surface area contributed by atoms with Crippen molar-refractivity contribution in [3.8, 4) is 22.7 Å². The highest BCUT2D eigenvalue weighted by molar-refractivity contribution is 7.98. The van der Waals surface area contributed by atoms with Crippen LogP contribution in [-0.2, 0) is 73.1 Å². The average Bonchev–Trinajstić information content (AvgIpc) is 0.819. The van der Waals surface area contributed by atoms with Crippen LogP contribution in [0.1, 0.15) is 168 Å². The molecule has 0 bridgehead atoms. The molecule has 21 rings (SSSR count). The summed E-state index contributed by atoms with van der Waals surface area (Å²) in [5.41, 5.74) is 18.1. The van der Waals surface area contributed by atoms with E-state index in [9.17, 15) is 17.6 Å². The predicted molar refractivity (Wildman–Crippen MR) is 444 cm³/mol. The zero-order chi connectivity index (χ0) is 81.2. The lowest BCUT2D eigenvalue weighted by atomic mass is 9.62. The summed E-state index contributed by atoms with van der Waals surface area (Å²) in [4.78, 5) is 0. The lowest BCUT2D eigenvalue weighted by Crippen LogP contribution is -2.53. The fourth-order valence-electron chi connectivity index (χ4n) is 20.9. The Morgan fingerprint density at radius 1 is 0.424 bits per heavy atom. The smallest absolute Gasteiger partial charge is 0.178 e. The Bertz CT molecular complexity index is 5300. The SMILES string of the molecule is C=CCOCC1COC2(CCCC3=Cc4c(cnn4-c4ccc(F)cc4)C[C@@]32C)O1.CCOCC1COC2(CCCC3=Cc4c(cnn4-c4ccc(F)cc4)C[C@@]32C)O1.CSCC1COC2(CCCC3=Cc4c(cnn4-c4ccc(F)cc4)C[C@@]32C)O1.C[C@]12Cc3cnn(-c4ccc(F)cc4)c3C=C1CCCC21OC[C@H](c2ccccc2)O1. The summed E-state index contributed by atoms with van der Waals surface area (Å²) in [6.45, 7) is 19.4. The van der Waals surface area contributed by atoms with Gasteiger partial charge in [0.15, 0.2) is 23.1 Å². The molecule has 4 saturated heterocycles. The van der Waals surface area contributed by atoms with Crippen LogP contribution in [0.15, 0.2) is 187 Å². The maximum Gasteiger partial charge on any atom is 0.178 e. The summed E-state index contributed by atoms with van der Waals surface area (Å²) in [5, 5.41) is 18.5. The standard InChI is InChI=1S/C26H25FN2O2.C24H27FN2O3.C23H27FN2O3.C22H25FN2O2S/c1-25-15-19-16-28-29(22-11-9-21(27)10-12-22)23(19)14-20(25)8-5-13-26(25)30-17-24(31-26)18-6-3-2-4-7-18;1-3-11-28-15-21-16-29-24(30-21)10-4-5-18-12-22-17(13-23(18,24)2)14-26-27(22)20-8-6-19(25)7-9-20;1-3-27-14-20-15-28-23(29-20)10-4-5-17-11-21-16(12-22(17,23)2)13-25-26(21)19-8-6-18(24)7-9-19;1-21-11-15-12-24-25(18-7-5-17(23)6-8-18)20(15)10-16(21)4-3-9-22(21)26-13-19(27-22)14-28-2/h2-4,6-7,9-12,14,16,24H,5,8,13,15,17H2,1H3;3,6-9,12,14,21H,1,4-5,10-11,13,15-16H2,2H3;6-9,11,13,20H,3-5,10,12,14-15H2,1-2H3;5-8,10,12,19H,3-4,9,11,13-14H2,1-2H3/t24-,25+,26?;21?,23-,24?;20?,22-,23?;19?,21-,22?/m1000/s1. The molecule has 18 nitrogen and oxygen atoms in total. The molecule has 4 aromatic heterocycles. The normalized spacial score (nSPS) is 30.5. The fraction of sp³-hybridized carbons (Fsp3) is 0.453.